The van der Waals surface area contributed by atoms with E-state index in [1.807, 2.05) is 51.1 Å². The van der Waals surface area contributed by atoms with E-state index in [1.54, 1.807) is 6.20 Å². The Morgan fingerprint density at radius 3 is 2.53 bits per heavy atom. The number of anilines is 2. The third-order valence-corrected chi connectivity index (χ3v) is 2.33. The molecule has 2 rings (SSSR count). The number of H-pyrrole nitrogens is 1. The molecular formula is C14H18N4O. The Labute approximate surface area is 112 Å². The van der Waals surface area contributed by atoms with Crippen molar-refractivity contribution in [1.29, 1.82) is 0 Å². The van der Waals surface area contributed by atoms with Gasteiger partial charge in [-0.3, -0.25) is 4.79 Å². The van der Waals surface area contributed by atoms with E-state index in [0.29, 0.717) is 0 Å². The Balaban J connectivity index is 2.04. The highest BCUT2D eigenvalue weighted by Crippen LogP contribution is 2.13. The van der Waals surface area contributed by atoms with Crippen LogP contribution >= 0.6 is 0 Å². The number of carbonyl (C=O) groups excluding carboxylic acids is 1. The predicted molar refractivity (Wildman–Crippen MR) is 76.4 cm³/mol. The number of para-hydroxylation sites is 1. The molecule has 1 amide bonds. The summed E-state index contributed by atoms with van der Waals surface area (Å²) in [6, 6.07) is 9.28. The molecule has 5 heteroatoms. The van der Waals surface area contributed by atoms with Gasteiger partial charge in [-0.05, 0) is 32.9 Å². The van der Waals surface area contributed by atoms with E-state index in [0.717, 1.165) is 11.5 Å². The van der Waals surface area contributed by atoms with Crippen LogP contribution in [0.15, 0.2) is 36.5 Å². The molecule has 1 heterocycles. The second kappa shape index (κ2) is 5.14. The number of hydrogen-bond acceptors (Lipinski definition) is 3. The topological polar surface area (TPSA) is 69.8 Å². The Hall–Kier alpha value is -2.30. The van der Waals surface area contributed by atoms with E-state index >= 15 is 0 Å². The molecule has 1 aromatic heterocycles. The number of hydrogen-bond donors (Lipinski definition) is 3. The highest BCUT2D eigenvalue weighted by Gasteiger charge is 2.14. The van der Waals surface area contributed by atoms with Crippen LogP contribution in [0.4, 0.5) is 11.5 Å². The number of carbonyl (C=O) groups is 1. The lowest BCUT2D eigenvalue weighted by atomic mass is 10.1. The van der Waals surface area contributed by atoms with Gasteiger partial charge in [0.05, 0.1) is 6.20 Å². The number of nitrogens with zero attached hydrogens (tertiary/aromatic N) is 1. The lowest BCUT2D eigenvalue weighted by Crippen LogP contribution is -2.26. The second-order valence-electron chi connectivity index (χ2n) is 5.34. The SMILES string of the molecule is CC(C)(C)Nc1cnc(C(=O)Nc2ccccc2)[nH]1. The Morgan fingerprint density at radius 2 is 1.89 bits per heavy atom. The molecule has 3 N–H and O–H groups in total. The van der Waals surface area contributed by atoms with Gasteiger partial charge in [0.25, 0.3) is 5.91 Å². The van der Waals surface area contributed by atoms with Crippen molar-refractivity contribution in [2.24, 2.45) is 0 Å². The summed E-state index contributed by atoms with van der Waals surface area (Å²) in [5.74, 6) is 0.759. The maximum Gasteiger partial charge on any atom is 0.291 e. The molecule has 0 spiro atoms. The maximum atomic E-state index is 12.0. The van der Waals surface area contributed by atoms with E-state index in [1.165, 1.54) is 0 Å². The molecule has 5 nitrogen and oxygen atoms in total. The van der Waals surface area contributed by atoms with Gasteiger partial charge in [0.15, 0.2) is 5.82 Å². The van der Waals surface area contributed by atoms with Crippen LogP contribution in [0, 0.1) is 0 Å². The molecule has 0 radical (unpaired) electrons. The molecule has 2 aromatic rings. The molecular weight excluding hydrogens is 240 g/mol. The fraction of sp³-hybridized carbons (Fsp3) is 0.286. The Kier molecular flexibility index (Phi) is 3.55. The lowest BCUT2D eigenvalue weighted by Gasteiger charge is -2.20. The number of amides is 1. The van der Waals surface area contributed by atoms with E-state index in [9.17, 15) is 4.79 Å². The summed E-state index contributed by atoms with van der Waals surface area (Å²) >= 11 is 0. The van der Waals surface area contributed by atoms with E-state index in [4.69, 9.17) is 0 Å². The third-order valence-electron chi connectivity index (χ3n) is 2.33. The first-order valence-corrected chi connectivity index (χ1v) is 6.14. The van der Waals surface area contributed by atoms with Gasteiger partial charge in [0.2, 0.25) is 0 Å². The van der Waals surface area contributed by atoms with Crippen LogP contribution in [0.5, 0.6) is 0 Å². The summed E-state index contributed by atoms with van der Waals surface area (Å²) in [7, 11) is 0. The van der Waals surface area contributed by atoms with Gasteiger partial charge in [-0.1, -0.05) is 18.2 Å². The number of aromatic nitrogens is 2. The van der Waals surface area contributed by atoms with Crippen molar-refractivity contribution < 1.29 is 4.79 Å². The Bertz CT molecular complexity index is 554. The second-order valence-corrected chi connectivity index (χ2v) is 5.34. The molecule has 0 bridgehead atoms. The number of rotatable bonds is 3. The van der Waals surface area contributed by atoms with Crippen molar-refractivity contribution in [3.05, 3.63) is 42.4 Å². The molecule has 0 saturated heterocycles. The van der Waals surface area contributed by atoms with E-state index in [2.05, 4.69) is 20.6 Å². The van der Waals surface area contributed by atoms with Gasteiger partial charge >= 0.3 is 0 Å². The molecule has 0 fully saturated rings. The zero-order chi connectivity index (χ0) is 13.9. The molecule has 0 aliphatic heterocycles. The van der Waals surface area contributed by atoms with Crippen LogP contribution in [-0.2, 0) is 0 Å². The average molecular weight is 258 g/mol. The maximum absolute atomic E-state index is 12.0. The first kappa shape index (κ1) is 13.1. The quantitative estimate of drug-likeness (QED) is 0.792. The summed E-state index contributed by atoms with van der Waals surface area (Å²) in [6.07, 6.45) is 1.62. The molecule has 100 valence electrons. The fourth-order valence-electron chi connectivity index (χ4n) is 1.62. The van der Waals surface area contributed by atoms with E-state index in [-0.39, 0.29) is 17.3 Å². The van der Waals surface area contributed by atoms with Crippen molar-refractivity contribution in [2.75, 3.05) is 10.6 Å². The fourth-order valence-corrected chi connectivity index (χ4v) is 1.62. The summed E-state index contributed by atoms with van der Waals surface area (Å²) in [5, 5.41) is 6.00. The summed E-state index contributed by atoms with van der Waals surface area (Å²) in [4.78, 5) is 19.0. The zero-order valence-electron chi connectivity index (χ0n) is 11.3. The highest BCUT2D eigenvalue weighted by atomic mass is 16.2. The first-order valence-electron chi connectivity index (χ1n) is 6.14. The standard InChI is InChI=1S/C14H18N4O/c1-14(2,3)18-11-9-15-12(17-11)13(19)16-10-7-5-4-6-8-10/h4-9,18H,1-3H3,(H,15,17)(H,16,19). The van der Waals surface area contributed by atoms with Gasteiger partial charge in [-0.15, -0.1) is 0 Å². The van der Waals surface area contributed by atoms with Crippen molar-refractivity contribution in [3.8, 4) is 0 Å². The lowest BCUT2D eigenvalue weighted by molar-refractivity contribution is 0.101. The van der Waals surface area contributed by atoms with Gasteiger partial charge < -0.3 is 15.6 Å². The Morgan fingerprint density at radius 1 is 1.21 bits per heavy atom. The highest BCUT2D eigenvalue weighted by molar-refractivity contribution is 6.01. The summed E-state index contributed by atoms with van der Waals surface area (Å²) < 4.78 is 0. The van der Waals surface area contributed by atoms with Gasteiger partial charge in [0, 0.05) is 11.2 Å². The monoisotopic (exact) mass is 258 g/mol. The summed E-state index contributed by atoms with van der Waals surface area (Å²) in [6.45, 7) is 6.12. The van der Waals surface area contributed by atoms with Gasteiger partial charge in [-0.25, -0.2) is 4.98 Å². The minimum atomic E-state index is -0.256. The van der Waals surface area contributed by atoms with E-state index < -0.39 is 0 Å². The number of benzene rings is 1. The average Bonchev–Trinajstić information content (AvgIpc) is 2.76. The minimum Gasteiger partial charge on any atom is -0.366 e. The van der Waals surface area contributed by atoms with Crippen molar-refractivity contribution in [2.45, 2.75) is 26.3 Å². The van der Waals surface area contributed by atoms with Gasteiger partial charge in [0.1, 0.15) is 5.82 Å². The molecule has 0 unspecified atom stereocenters. The normalized spacial score (nSPS) is 11.1. The van der Waals surface area contributed by atoms with Gasteiger partial charge in [-0.2, -0.15) is 0 Å². The van der Waals surface area contributed by atoms with Crippen LogP contribution in [0.3, 0.4) is 0 Å². The molecule has 0 saturated carbocycles. The summed E-state index contributed by atoms with van der Waals surface area (Å²) in [5.41, 5.74) is 0.661. The zero-order valence-corrected chi connectivity index (χ0v) is 11.3. The largest absolute Gasteiger partial charge is 0.366 e. The smallest absolute Gasteiger partial charge is 0.291 e. The molecule has 0 atom stereocenters. The van der Waals surface area contributed by atoms with Crippen LogP contribution in [0.1, 0.15) is 31.4 Å². The molecule has 19 heavy (non-hydrogen) atoms. The number of nitrogens with one attached hydrogen (secondary N) is 3. The van der Waals surface area contributed by atoms with Crippen molar-refractivity contribution in [3.63, 3.8) is 0 Å². The van der Waals surface area contributed by atoms with Crippen molar-refractivity contribution >= 4 is 17.4 Å². The number of imidazole rings is 1. The third kappa shape index (κ3) is 3.84. The van der Waals surface area contributed by atoms with Crippen LogP contribution in [0.2, 0.25) is 0 Å². The molecule has 1 aromatic carbocycles. The minimum absolute atomic E-state index is 0.0836. The van der Waals surface area contributed by atoms with Crippen LogP contribution in [-0.4, -0.2) is 21.4 Å². The van der Waals surface area contributed by atoms with Crippen molar-refractivity contribution in [1.82, 2.24) is 9.97 Å². The van der Waals surface area contributed by atoms with Crippen LogP contribution < -0.4 is 10.6 Å². The molecule has 0 aliphatic carbocycles. The predicted octanol–water partition coefficient (Wildman–Crippen LogP) is 2.87. The number of aromatic amines is 1. The molecule has 0 aliphatic rings. The first-order chi connectivity index (χ1) is 8.94. The van der Waals surface area contributed by atoms with Crippen LogP contribution in [0.25, 0.3) is 0 Å².